The van der Waals surface area contributed by atoms with Crippen LogP contribution in [0.4, 0.5) is 0 Å². The molecule has 0 radical (unpaired) electrons. The maximum Gasteiger partial charge on any atom is 0.265 e. The largest absolute Gasteiger partial charge is 0.302 e. The third-order valence-electron chi connectivity index (χ3n) is 5.02. The van der Waals surface area contributed by atoms with Gasteiger partial charge in [-0.1, -0.05) is 50.6 Å². The molecule has 0 amide bonds. The van der Waals surface area contributed by atoms with Gasteiger partial charge in [0.15, 0.2) is 0 Å². The van der Waals surface area contributed by atoms with E-state index in [4.69, 9.17) is 4.55 Å². The number of carbonyl (C=O) groups is 1. The Morgan fingerprint density at radius 3 is 2.41 bits per heavy atom. The fourth-order valence-corrected chi connectivity index (χ4v) is 5.58. The molecule has 1 atom stereocenters. The minimum Gasteiger partial charge on any atom is -0.302 e. The highest BCUT2D eigenvalue weighted by atomic mass is 32.2. The smallest absolute Gasteiger partial charge is 0.265 e. The van der Waals surface area contributed by atoms with Crippen molar-refractivity contribution in [2.24, 2.45) is 5.41 Å². The first-order valence-electron chi connectivity index (χ1n) is 9.55. The topological polar surface area (TPSA) is 74.7 Å². The molecule has 1 saturated heterocycles. The third kappa shape index (κ3) is 7.94. The lowest BCUT2D eigenvalue weighted by molar-refractivity contribution is -0.128. The van der Waals surface area contributed by atoms with Crippen molar-refractivity contribution in [2.45, 2.75) is 44.8 Å². The van der Waals surface area contributed by atoms with Gasteiger partial charge in [-0.2, -0.15) is 20.2 Å². The normalized spacial score (nSPS) is 17.6. The van der Waals surface area contributed by atoms with Crippen molar-refractivity contribution in [1.29, 1.82) is 0 Å². The number of piperidine rings is 1. The van der Waals surface area contributed by atoms with Crippen LogP contribution in [0, 0.1) is 5.41 Å². The lowest BCUT2D eigenvalue weighted by atomic mass is 9.84. The van der Waals surface area contributed by atoms with Crippen molar-refractivity contribution in [3.8, 4) is 0 Å². The molecule has 1 aliphatic heterocycles. The molecule has 0 saturated carbocycles. The van der Waals surface area contributed by atoms with E-state index in [2.05, 4.69) is 4.90 Å². The lowest BCUT2D eigenvalue weighted by Gasteiger charge is -2.34. The maximum absolute atomic E-state index is 13.1. The van der Waals surface area contributed by atoms with Crippen LogP contribution in [0.1, 0.15) is 50.3 Å². The van der Waals surface area contributed by atoms with Crippen molar-refractivity contribution in [3.63, 3.8) is 0 Å². The van der Waals surface area contributed by atoms with Gasteiger partial charge in [0.1, 0.15) is 5.78 Å². The molecule has 1 fully saturated rings. The van der Waals surface area contributed by atoms with Crippen LogP contribution in [0.25, 0.3) is 0 Å². The van der Waals surface area contributed by atoms with Crippen molar-refractivity contribution < 1.29 is 17.8 Å². The van der Waals surface area contributed by atoms with E-state index in [1.54, 1.807) is 0 Å². The monoisotopic (exact) mass is 413 g/mol. The molecule has 1 unspecified atom stereocenters. The first-order valence-corrected chi connectivity index (χ1v) is 12.2. The van der Waals surface area contributed by atoms with Gasteiger partial charge in [0.25, 0.3) is 10.1 Å². The van der Waals surface area contributed by atoms with Crippen molar-refractivity contribution in [2.75, 3.05) is 31.1 Å². The van der Waals surface area contributed by atoms with E-state index in [1.165, 1.54) is 31.0 Å². The number of benzene rings is 1. The average molecular weight is 414 g/mol. The number of thioether (sulfide) groups is 1. The number of nitrogens with zero attached hydrogens (tertiary/aromatic N) is 1. The van der Waals surface area contributed by atoms with E-state index in [9.17, 15) is 13.2 Å². The van der Waals surface area contributed by atoms with Crippen LogP contribution in [0.5, 0.6) is 0 Å². The predicted octanol–water partition coefficient (Wildman–Crippen LogP) is 3.82. The molecule has 1 N–H and O–H groups in total. The van der Waals surface area contributed by atoms with E-state index < -0.39 is 15.5 Å². The SMILES string of the molecule is CC(C)(CN1CCCCC1)C(=O)CC(SCCS(=O)(=O)O)c1ccccc1. The van der Waals surface area contributed by atoms with Crippen LogP contribution in [-0.2, 0) is 14.9 Å². The van der Waals surface area contributed by atoms with Crippen LogP contribution in [0.15, 0.2) is 30.3 Å². The van der Waals surface area contributed by atoms with Gasteiger partial charge in [0.2, 0.25) is 0 Å². The summed E-state index contributed by atoms with van der Waals surface area (Å²) >= 11 is 1.42. The zero-order valence-corrected chi connectivity index (χ0v) is 17.9. The third-order valence-corrected chi connectivity index (χ3v) is 7.28. The molecule has 1 heterocycles. The summed E-state index contributed by atoms with van der Waals surface area (Å²) in [6.45, 7) is 6.90. The summed E-state index contributed by atoms with van der Waals surface area (Å²) in [7, 11) is -3.99. The maximum atomic E-state index is 13.1. The molecule has 5 nitrogen and oxygen atoms in total. The van der Waals surface area contributed by atoms with E-state index in [0.29, 0.717) is 6.42 Å². The number of rotatable bonds is 10. The molecule has 152 valence electrons. The van der Waals surface area contributed by atoms with Crippen LogP contribution < -0.4 is 0 Å². The molecule has 0 bridgehead atoms. The Bertz CT molecular complexity index is 698. The quantitative estimate of drug-likeness (QED) is 0.588. The molecule has 1 aliphatic rings. The lowest BCUT2D eigenvalue weighted by Crippen LogP contribution is -2.42. The Kier molecular flexibility index (Phi) is 8.34. The molecule has 2 rings (SSSR count). The van der Waals surface area contributed by atoms with Gasteiger partial charge in [0.05, 0.1) is 5.75 Å². The average Bonchev–Trinajstić information content (AvgIpc) is 2.61. The Hall–Kier alpha value is -0.890. The van der Waals surface area contributed by atoms with E-state index in [1.807, 2.05) is 44.2 Å². The summed E-state index contributed by atoms with van der Waals surface area (Å²) in [5, 5.41) is -0.110. The predicted molar refractivity (Wildman–Crippen MR) is 112 cm³/mol. The summed E-state index contributed by atoms with van der Waals surface area (Å²) in [6, 6.07) is 9.71. The number of hydrogen-bond acceptors (Lipinski definition) is 5. The van der Waals surface area contributed by atoms with Crippen LogP contribution in [0.3, 0.4) is 0 Å². The number of carbonyl (C=O) groups excluding carboxylic acids is 1. The standard InChI is InChI=1S/C20H31NO4S2/c1-20(2,16-21-11-7-4-8-12-21)19(22)15-18(17-9-5-3-6-10-17)26-13-14-27(23,24)25/h3,5-6,9-10,18H,4,7-8,11-16H2,1-2H3,(H,23,24,25). The van der Waals surface area contributed by atoms with Gasteiger partial charge in [0, 0.05) is 29.4 Å². The molecular formula is C20H31NO4S2. The second-order valence-corrected chi connectivity index (χ2v) is 10.8. The van der Waals surface area contributed by atoms with Crippen molar-refractivity contribution in [1.82, 2.24) is 4.90 Å². The molecule has 1 aromatic carbocycles. The second-order valence-electron chi connectivity index (χ2n) is 7.90. The fourth-order valence-electron chi connectivity index (χ4n) is 3.45. The highest BCUT2D eigenvalue weighted by molar-refractivity contribution is 8.00. The zero-order chi connectivity index (χ0) is 19.9. The van der Waals surface area contributed by atoms with Crippen LogP contribution >= 0.6 is 11.8 Å². The molecule has 0 aromatic heterocycles. The number of Topliss-reactive ketones (excluding diaryl/α,β-unsaturated/α-hetero) is 1. The summed E-state index contributed by atoms with van der Waals surface area (Å²) in [6.07, 6.45) is 4.02. The molecule has 0 aliphatic carbocycles. The minimum atomic E-state index is -3.99. The van der Waals surface area contributed by atoms with Crippen LogP contribution in [-0.4, -0.2) is 54.8 Å². The molecule has 7 heteroatoms. The number of likely N-dealkylation sites (tertiary alicyclic amines) is 1. The molecule has 1 aromatic rings. The summed E-state index contributed by atoms with van der Waals surface area (Å²) in [4.78, 5) is 15.5. The van der Waals surface area contributed by atoms with Crippen molar-refractivity contribution >= 4 is 27.7 Å². The summed E-state index contributed by atoms with van der Waals surface area (Å²) in [5.74, 6) is 0.159. The number of hydrogen-bond donors (Lipinski definition) is 1. The highest BCUT2D eigenvalue weighted by Crippen LogP contribution is 2.35. The van der Waals surface area contributed by atoms with E-state index in [-0.39, 0.29) is 22.5 Å². The van der Waals surface area contributed by atoms with Gasteiger partial charge >= 0.3 is 0 Å². The zero-order valence-electron chi connectivity index (χ0n) is 16.3. The highest BCUT2D eigenvalue weighted by Gasteiger charge is 2.32. The van der Waals surface area contributed by atoms with Gasteiger partial charge < -0.3 is 4.90 Å². The second kappa shape index (κ2) is 10.0. The van der Waals surface area contributed by atoms with Gasteiger partial charge in [-0.15, -0.1) is 0 Å². The molecule has 27 heavy (non-hydrogen) atoms. The number of ketones is 1. The first kappa shape index (κ1) is 22.4. The Labute approximate surface area is 167 Å². The fraction of sp³-hybridized carbons (Fsp3) is 0.650. The van der Waals surface area contributed by atoms with E-state index in [0.717, 1.165) is 25.2 Å². The Morgan fingerprint density at radius 2 is 1.81 bits per heavy atom. The minimum absolute atomic E-state index is 0.110. The van der Waals surface area contributed by atoms with Gasteiger partial charge in [-0.05, 0) is 31.5 Å². The van der Waals surface area contributed by atoms with Crippen LogP contribution in [0.2, 0.25) is 0 Å². The summed E-state index contributed by atoms with van der Waals surface area (Å²) < 4.78 is 31.0. The molecular weight excluding hydrogens is 382 g/mol. The Morgan fingerprint density at radius 1 is 1.19 bits per heavy atom. The summed E-state index contributed by atoms with van der Waals surface area (Å²) in [5.41, 5.74) is 0.577. The first-order chi connectivity index (χ1) is 12.7. The Balaban J connectivity index is 2.02. The molecule has 0 spiro atoms. The van der Waals surface area contributed by atoms with Gasteiger partial charge in [-0.25, -0.2) is 0 Å². The van der Waals surface area contributed by atoms with Crippen molar-refractivity contribution in [3.05, 3.63) is 35.9 Å². The van der Waals surface area contributed by atoms with Gasteiger partial charge in [-0.3, -0.25) is 9.35 Å². The van der Waals surface area contributed by atoms with E-state index >= 15 is 0 Å².